The lowest BCUT2D eigenvalue weighted by Crippen LogP contribution is -2.50. The Morgan fingerprint density at radius 2 is 1.25 bits per heavy atom. The molecule has 0 bridgehead atoms. The van der Waals surface area contributed by atoms with Crippen LogP contribution in [0.4, 0.5) is 9.59 Å². The molecule has 0 aliphatic carbocycles. The Morgan fingerprint density at radius 1 is 0.721 bits per heavy atom. The van der Waals surface area contributed by atoms with E-state index in [1.807, 2.05) is 48.5 Å². The average Bonchev–Trinajstić information content (AvgIpc) is 4.01. The highest BCUT2D eigenvalue weighted by Crippen LogP contribution is 2.33. The van der Waals surface area contributed by atoms with E-state index in [-0.39, 0.29) is 30.3 Å². The number of imidazole rings is 1. The maximum Gasteiger partial charge on any atom is 0.408 e. The molecule has 320 valence electrons. The summed E-state index contributed by atoms with van der Waals surface area (Å²) in [5.41, 5.74) is 1.96. The maximum absolute atomic E-state index is 14.0. The van der Waals surface area contributed by atoms with Crippen molar-refractivity contribution >= 4 is 29.9 Å². The number of benzene rings is 3. The summed E-state index contributed by atoms with van der Waals surface area (Å²) in [6.07, 6.45) is 2.89. The number of carbonyl (C=O) groups excluding carboxylic acids is 5. The van der Waals surface area contributed by atoms with Crippen LogP contribution in [0.5, 0.6) is 0 Å². The summed E-state index contributed by atoms with van der Waals surface area (Å²) in [7, 11) is 0. The van der Waals surface area contributed by atoms with E-state index in [0.29, 0.717) is 55.0 Å². The van der Waals surface area contributed by atoms with Crippen LogP contribution < -0.4 is 16.0 Å². The number of rotatable bonds is 10. The zero-order valence-electron chi connectivity index (χ0n) is 35.6. The standard InChI is InChI=1S/C47H55N7O7/c1-46(2,3)60-44(58)51-38(33-15-9-7-10-16-33)42(56)53-27-13-19-36(53)40-48-30-35(50-40)26-25-31-21-23-32(24-22-31)29-49-41(55)37-20-14-28-54(37)43(57)39(34-17-11-8-12-18-34)52-45(59)61-47(4,5)6/h7-12,15-18,21-24,30,36-39H,13-14,19-20,27-29H2,1-6H3,(H,48,50)(H,49,55)(H,51,58)(H,52,59). The molecule has 4 atom stereocenters. The van der Waals surface area contributed by atoms with Crippen molar-refractivity contribution < 1.29 is 33.4 Å². The number of nitrogens with zero attached hydrogens (tertiary/aromatic N) is 3. The number of alkyl carbamates (subject to hydrolysis) is 2. The first-order valence-corrected chi connectivity index (χ1v) is 20.7. The van der Waals surface area contributed by atoms with E-state index in [2.05, 4.69) is 37.8 Å². The number of aromatic nitrogens is 2. The Kier molecular flexibility index (Phi) is 13.8. The highest BCUT2D eigenvalue weighted by Gasteiger charge is 2.39. The molecule has 4 unspecified atom stereocenters. The summed E-state index contributed by atoms with van der Waals surface area (Å²) < 4.78 is 10.9. The van der Waals surface area contributed by atoms with Crippen LogP contribution in [0.25, 0.3) is 0 Å². The third-order valence-electron chi connectivity index (χ3n) is 10.1. The summed E-state index contributed by atoms with van der Waals surface area (Å²) in [6, 6.07) is 22.6. The van der Waals surface area contributed by atoms with Gasteiger partial charge in [-0.15, -0.1) is 0 Å². The van der Waals surface area contributed by atoms with Gasteiger partial charge in [0, 0.05) is 25.2 Å². The largest absolute Gasteiger partial charge is 0.444 e. The van der Waals surface area contributed by atoms with E-state index in [1.54, 1.807) is 89.0 Å². The van der Waals surface area contributed by atoms with Crippen molar-refractivity contribution in [1.29, 1.82) is 0 Å². The molecule has 0 radical (unpaired) electrons. The predicted octanol–water partition coefficient (Wildman–Crippen LogP) is 6.61. The summed E-state index contributed by atoms with van der Waals surface area (Å²) in [6.45, 7) is 11.7. The van der Waals surface area contributed by atoms with Gasteiger partial charge in [-0.1, -0.05) is 78.7 Å². The number of hydrogen-bond donors (Lipinski definition) is 4. The smallest absolute Gasteiger partial charge is 0.408 e. The molecule has 14 heteroatoms. The van der Waals surface area contributed by atoms with Crippen LogP contribution in [0, 0.1) is 11.8 Å². The molecule has 2 aliphatic heterocycles. The van der Waals surface area contributed by atoms with Gasteiger partial charge in [0.2, 0.25) is 5.91 Å². The minimum atomic E-state index is -1.01. The maximum atomic E-state index is 14.0. The third-order valence-corrected chi connectivity index (χ3v) is 10.1. The number of aromatic amines is 1. The molecular formula is C47H55N7O7. The lowest BCUT2D eigenvalue weighted by atomic mass is 10.0. The molecule has 6 rings (SSSR count). The van der Waals surface area contributed by atoms with Crippen LogP contribution in [-0.4, -0.2) is 80.0 Å². The van der Waals surface area contributed by atoms with Gasteiger partial charge in [-0.3, -0.25) is 14.4 Å². The summed E-state index contributed by atoms with van der Waals surface area (Å²) in [5, 5.41) is 8.48. The van der Waals surface area contributed by atoms with Crippen LogP contribution in [0.3, 0.4) is 0 Å². The van der Waals surface area contributed by atoms with Gasteiger partial charge in [-0.2, -0.15) is 0 Å². The lowest BCUT2D eigenvalue weighted by molar-refractivity contribution is -0.140. The second-order valence-electron chi connectivity index (χ2n) is 17.2. The number of carbonyl (C=O) groups is 5. The fourth-order valence-corrected chi connectivity index (χ4v) is 7.39. The van der Waals surface area contributed by atoms with Crippen molar-refractivity contribution in [3.05, 3.63) is 125 Å². The second-order valence-corrected chi connectivity index (χ2v) is 17.2. The van der Waals surface area contributed by atoms with Gasteiger partial charge in [-0.25, -0.2) is 14.6 Å². The first kappa shape index (κ1) is 43.9. The molecule has 3 aromatic carbocycles. The second kappa shape index (κ2) is 19.2. The van der Waals surface area contributed by atoms with Gasteiger partial charge in [0.25, 0.3) is 11.8 Å². The Hall–Kier alpha value is -6.62. The molecule has 0 spiro atoms. The highest BCUT2D eigenvalue weighted by atomic mass is 16.6. The van der Waals surface area contributed by atoms with E-state index in [1.165, 1.54) is 4.90 Å². The van der Waals surface area contributed by atoms with E-state index < -0.39 is 41.5 Å². The molecule has 2 saturated heterocycles. The Bertz CT molecular complexity index is 2240. The number of nitrogens with one attached hydrogen (secondary N) is 4. The normalized spacial score (nSPS) is 17.3. The minimum absolute atomic E-state index is 0.252. The molecule has 3 heterocycles. The number of hydrogen-bond acceptors (Lipinski definition) is 8. The quantitative estimate of drug-likeness (QED) is 0.129. The first-order valence-electron chi connectivity index (χ1n) is 20.7. The SMILES string of the molecule is CC(C)(C)OC(=O)NC(C(=O)N1CCCC1C(=O)NCc1ccc(C#Cc2cnc(C3CCCN3C(=O)C(NC(=O)OC(C)(C)C)c3ccccc3)[nH]2)cc1)c1ccccc1. The molecule has 4 N–H and O–H groups in total. The molecule has 0 saturated carbocycles. The van der Waals surface area contributed by atoms with Crippen LogP contribution >= 0.6 is 0 Å². The van der Waals surface area contributed by atoms with Crippen molar-refractivity contribution in [3.8, 4) is 11.8 Å². The van der Waals surface area contributed by atoms with Gasteiger partial charge in [0.1, 0.15) is 40.8 Å². The Labute approximate surface area is 357 Å². The van der Waals surface area contributed by atoms with Gasteiger partial charge in [0.15, 0.2) is 0 Å². The van der Waals surface area contributed by atoms with Crippen molar-refractivity contribution in [2.24, 2.45) is 0 Å². The minimum Gasteiger partial charge on any atom is -0.444 e. The van der Waals surface area contributed by atoms with Crippen LogP contribution in [0.1, 0.15) is 119 Å². The van der Waals surface area contributed by atoms with Gasteiger partial charge in [0.05, 0.1) is 12.2 Å². The number of ether oxygens (including phenoxy) is 2. The van der Waals surface area contributed by atoms with Gasteiger partial charge >= 0.3 is 12.2 Å². The van der Waals surface area contributed by atoms with Crippen molar-refractivity contribution in [3.63, 3.8) is 0 Å². The van der Waals surface area contributed by atoms with Gasteiger partial charge < -0.3 is 40.2 Å². The number of amides is 5. The monoisotopic (exact) mass is 829 g/mol. The fraction of sp³-hybridized carbons (Fsp3) is 0.404. The molecule has 14 nitrogen and oxygen atoms in total. The Balaban J connectivity index is 1.05. The van der Waals surface area contributed by atoms with E-state index in [4.69, 9.17) is 9.47 Å². The highest BCUT2D eigenvalue weighted by molar-refractivity contribution is 5.92. The van der Waals surface area contributed by atoms with Crippen molar-refractivity contribution in [1.82, 2.24) is 35.7 Å². The molecule has 1 aromatic heterocycles. The van der Waals surface area contributed by atoms with E-state index in [0.717, 1.165) is 17.5 Å². The van der Waals surface area contributed by atoms with Crippen LogP contribution in [0.15, 0.2) is 91.1 Å². The molecule has 2 fully saturated rings. The third kappa shape index (κ3) is 12.0. The fourth-order valence-electron chi connectivity index (χ4n) is 7.39. The molecule has 4 aromatic rings. The zero-order chi connectivity index (χ0) is 43.7. The average molecular weight is 830 g/mol. The van der Waals surface area contributed by atoms with Crippen molar-refractivity contribution in [2.75, 3.05) is 13.1 Å². The van der Waals surface area contributed by atoms with Crippen molar-refractivity contribution in [2.45, 2.75) is 109 Å². The summed E-state index contributed by atoms with van der Waals surface area (Å²) in [4.78, 5) is 78.1. The van der Waals surface area contributed by atoms with Crippen LogP contribution in [-0.2, 0) is 30.4 Å². The number of H-pyrrole nitrogens is 1. The van der Waals surface area contributed by atoms with Crippen LogP contribution in [0.2, 0.25) is 0 Å². The molecule has 5 amide bonds. The lowest BCUT2D eigenvalue weighted by Gasteiger charge is -2.29. The van der Waals surface area contributed by atoms with E-state index in [9.17, 15) is 24.0 Å². The molecule has 61 heavy (non-hydrogen) atoms. The molecule has 2 aliphatic rings. The zero-order valence-corrected chi connectivity index (χ0v) is 35.6. The predicted molar refractivity (Wildman–Crippen MR) is 228 cm³/mol. The summed E-state index contributed by atoms with van der Waals surface area (Å²) >= 11 is 0. The first-order chi connectivity index (χ1) is 29.0. The number of likely N-dealkylation sites (tertiary alicyclic amines) is 2. The summed E-state index contributed by atoms with van der Waals surface area (Å²) in [5.74, 6) is 5.99. The van der Waals surface area contributed by atoms with E-state index >= 15 is 0 Å². The Morgan fingerprint density at radius 3 is 1.80 bits per heavy atom. The topological polar surface area (TPSA) is 175 Å². The van der Waals surface area contributed by atoms with Gasteiger partial charge in [-0.05, 0) is 102 Å². The molecular weight excluding hydrogens is 775 g/mol.